The quantitative estimate of drug-likeness (QED) is 0.752. The highest BCUT2D eigenvalue weighted by molar-refractivity contribution is 5.94. The van der Waals surface area contributed by atoms with Gasteiger partial charge >= 0.3 is 6.18 Å². The van der Waals surface area contributed by atoms with Crippen molar-refractivity contribution in [2.45, 2.75) is 24.9 Å². The Morgan fingerprint density at radius 2 is 1.89 bits per heavy atom. The van der Waals surface area contributed by atoms with E-state index in [0.29, 0.717) is 43.9 Å². The Kier molecular flexibility index (Phi) is 5.12. The van der Waals surface area contributed by atoms with Crippen molar-refractivity contribution >= 4 is 11.8 Å². The van der Waals surface area contributed by atoms with Crippen LogP contribution in [0, 0.1) is 5.82 Å². The fourth-order valence-corrected chi connectivity index (χ4v) is 3.12. The summed E-state index contributed by atoms with van der Waals surface area (Å²) in [6, 6.07) is 4.13. The van der Waals surface area contributed by atoms with Crippen molar-refractivity contribution in [3.63, 3.8) is 0 Å². The molecular weight excluding hydrogens is 366 g/mol. The number of hydrogen-bond donors (Lipinski definition) is 0. The normalized spacial score (nSPS) is 15.9. The fraction of sp³-hybridized carbons (Fsp3) is 0.444. The number of carbonyl (C=O) groups is 1. The highest BCUT2D eigenvalue weighted by Gasteiger charge is 2.35. The lowest BCUT2D eigenvalue weighted by molar-refractivity contribution is -0.140. The SMILES string of the molecule is CN(C)c1cc(C2CCN(C(=O)c3ccc(C(F)(F)F)c(F)c3)CC2)no1. The summed E-state index contributed by atoms with van der Waals surface area (Å²) in [7, 11) is 3.68. The molecule has 9 heteroatoms. The molecule has 0 spiro atoms. The number of anilines is 1. The van der Waals surface area contributed by atoms with Crippen molar-refractivity contribution in [2.75, 3.05) is 32.1 Å². The van der Waals surface area contributed by atoms with E-state index in [1.165, 1.54) is 4.90 Å². The lowest BCUT2D eigenvalue weighted by Gasteiger charge is -2.31. The Morgan fingerprint density at radius 1 is 1.22 bits per heavy atom. The molecule has 1 saturated heterocycles. The third-order valence-electron chi connectivity index (χ3n) is 4.68. The van der Waals surface area contributed by atoms with Gasteiger partial charge in [-0.05, 0) is 31.0 Å². The van der Waals surface area contributed by atoms with E-state index in [0.717, 1.165) is 11.8 Å². The highest BCUT2D eigenvalue weighted by Crippen LogP contribution is 2.33. The van der Waals surface area contributed by atoms with E-state index >= 15 is 0 Å². The summed E-state index contributed by atoms with van der Waals surface area (Å²) in [5.74, 6) is -1.14. The van der Waals surface area contributed by atoms with E-state index in [4.69, 9.17) is 4.52 Å². The minimum absolute atomic E-state index is 0.0877. The van der Waals surface area contributed by atoms with Crippen molar-refractivity contribution in [1.29, 1.82) is 0 Å². The van der Waals surface area contributed by atoms with E-state index in [2.05, 4.69) is 5.16 Å². The molecule has 2 aromatic rings. The van der Waals surface area contributed by atoms with Crippen LogP contribution in [0.5, 0.6) is 0 Å². The first-order valence-corrected chi connectivity index (χ1v) is 8.47. The Morgan fingerprint density at radius 3 is 2.41 bits per heavy atom. The molecule has 27 heavy (non-hydrogen) atoms. The number of rotatable bonds is 3. The summed E-state index contributed by atoms with van der Waals surface area (Å²) < 4.78 is 56.9. The van der Waals surface area contributed by atoms with E-state index in [-0.39, 0.29) is 11.5 Å². The molecule has 1 aliphatic rings. The molecule has 0 radical (unpaired) electrons. The molecule has 3 rings (SSSR count). The van der Waals surface area contributed by atoms with Crippen molar-refractivity contribution in [3.05, 3.63) is 46.9 Å². The minimum atomic E-state index is -4.78. The second-order valence-electron chi connectivity index (χ2n) is 6.74. The summed E-state index contributed by atoms with van der Waals surface area (Å²) in [5, 5.41) is 4.06. The van der Waals surface area contributed by atoms with Crippen molar-refractivity contribution in [3.8, 4) is 0 Å². The maximum atomic E-state index is 13.7. The number of nitrogens with zero attached hydrogens (tertiary/aromatic N) is 3. The molecule has 1 fully saturated rings. The first kappa shape index (κ1) is 19.2. The van der Waals surface area contributed by atoms with Gasteiger partial charge < -0.3 is 14.3 Å². The summed E-state index contributed by atoms with van der Waals surface area (Å²) in [4.78, 5) is 15.8. The van der Waals surface area contributed by atoms with E-state index in [1.54, 1.807) is 4.90 Å². The molecule has 0 unspecified atom stereocenters. The highest BCUT2D eigenvalue weighted by atomic mass is 19.4. The second-order valence-corrected chi connectivity index (χ2v) is 6.74. The van der Waals surface area contributed by atoms with E-state index in [9.17, 15) is 22.4 Å². The number of aromatic nitrogens is 1. The number of benzene rings is 1. The number of amides is 1. The maximum absolute atomic E-state index is 13.7. The van der Waals surface area contributed by atoms with Crippen molar-refractivity contribution in [1.82, 2.24) is 10.1 Å². The zero-order valence-corrected chi connectivity index (χ0v) is 14.9. The summed E-state index contributed by atoms with van der Waals surface area (Å²) in [6.45, 7) is 0.826. The number of alkyl halides is 3. The van der Waals surface area contributed by atoms with Gasteiger partial charge in [0.25, 0.3) is 5.91 Å². The molecule has 1 amide bonds. The van der Waals surface area contributed by atoms with Crippen molar-refractivity contribution in [2.24, 2.45) is 0 Å². The van der Waals surface area contributed by atoms with Gasteiger partial charge in [0.2, 0.25) is 5.88 Å². The molecule has 1 aliphatic heterocycles. The average molecular weight is 385 g/mol. The third kappa shape index (κ3) is 4.06. The number of hydrogen-bond acceptors (Lipinski definition) is 4. The Bertz CT molecular complexity index is 824. The van der Waals surface area contributed by atoms with Gasteiger partial charge in [-0.25, -0.2) is 4.39 Å². The Balaban J connectivity index is 1.65. The summed E-state index contributed by atoms with van der Waals surface area (Å²) in [6.07, 6.45) is -3.49. The first-order valence-electron chi connectivity index (χ1n) is 8.47. The standard InChI is InChI=1S/C18H19F4N3O2/c1-24(2)16-10-15(23-27-16)11-5-7-25(8-6-11)17(26)12-3-4-13(14(19)9-12)18(20,21)22/h3-4,9-11H,5-8H2,1-2H3. The summed E-state index contributed by atoms with van der Waals surface area (Å²) in [5.41, 5.74) is -0.651. The van der Waals surface area contributed by atoms with Gasteiger partial charge in [-0.2, -0.15) is 13.2 Å². The van der Waals surface area contributed by atoms with Crippen molar-refractivity contribution < 1.29 is 26.9 Å². The van der Waals surface area contributed by atoms with Crippen LogP contribution >= 0.6 is 0 Å². The predicted molar refractivity (Wildman–Crippen MR) is 90.1 cm³/mol. The largest absolute Gasteiger partial charge is 0.419 e. The molecule has 5 nitrogen and oxygen atoms in total. The van der Waals surface area contributed by atoms with Crippen LogP contribution in [0.1, 0.15) is 40.4 Å². The van der Waals surface area contributed by atoms with Gasteiger partial charge in [0, 0.05) is 44.7 Å². The molecule has 0 bridgehead atoms. The van der Waals surface area contributed by atoms with Crippen LogP contribution in [-0.4, -0.2) is 43.1 Å². The lowest BCUT2D eigenvalue weighted by Crippen LogP contribution is -2.38. The molecule has 2 heterocycles. The van der Waals surface area contributed by atoms with Gasteiger partial charge in [0.15, 0.2) is 0 Å². The predicted octanol–water partition coefficient (Wildman–Crippen LogP) is 3.92. The fourth-order valence-electron chi connectivity index (χ4n) is 3.12. The lowest BCUT2D eigenvalue weighted by atomic mass is 9.93. The zero-order chi connectivity index (χ0) is 19.8. The van der Waals surface area contributed by atoms with E-state index in [1.807, 2.05) is 20.2 Å². The average Bonchev–Trinajstić information content (AvgIpc) is 3.10. The van der Waals surface area contributed by atoms with E-state index < -0.39 is 23.5 Å². The van der Waals surface area contributed by atoms with Crippen LogP contribution in [0.15, 0.2) is 28.8 Å². The first-order chi connectivity index (χ1) is 12.7. The van der Waals surface area contributed by atoms with Gasteiger partial charge in [0.1, 0.15) is 5.82 Å². The zero-order valence-electron chi connectivity index (χ0n) is 14.9. The minimum Gasteiger partial charge on any atom is -0.347 e. The van der Waals surface area contributed by atoms with Gasteiger partial charge in [-0.3, -0.25) is 4.79 Å². The topological polar surface area (TPSA) is 49.6 Å². The van der Waals surface area contributed by atoms with Crippen LogP contribution in [0.25, 0.3) is 0 Å². The molecule has 0 saturated carbocycles. The van der Waals surface area contributed by atoms with Crippen LogP contribution in [-0.2, 0) is 6.18 Å². The van der Waals surface area contributed by atoms with Crippen LogP contribution in [0.4, 0.5) is 23.4 Å². The van der Waals surface area contributed by atoms with Crippen LogP contribution in [0.3, 0.4) is 0 Å². The second kappa shape index (κ2) is 7.21. The van der Waals surface area contributed by atoms with Crippen LogP contribution < -0.4 is 4.90 Å². The van der Waals surface area contributed by atoms with Gasteiger partial charge in [-0.15, -0.1) is 0 Å². The number of piperidine rings is 1. The molecular formula is C18H19F4N3O2. The molecule has 146 valence electrons. The molecule has 0 aliphatic carbocycles. The van der Waals surface area contributed by atoms with Crippen LogP contribution in [0.2, 0.25) is 0 Å². The molecule has 1 aromatic heterocycles. The van der Waals surface area contributed by atoms with Gasteiger partial charge in [0.05, 0.1) is 11.3 Å². The third-order valence-corrected chi connectivity index (χ3v) is 4.68. The monoisotopic (exact) mass is 385 g/mol. The number of carbonyl (C=O) groups excluding carboxylic acids is 1. The number of likely N-dealkylation sites (tertiary alicyclic amines) is 1. The van der Waals surface area contributed by atoms with Gasteiger partial charge in [-0.1, -0.05) is 5.16 Å². The smallest absolute Gasteiger partial charge is 0.347 e. The summed E-state index contributed by atoms with van der Waals surface area (Å²) >= 11 is 0. The molecule has 0 N–H and O–H groups in total. The number of halogens is 4. The molecule has 1 aromatic carbocycles. The Labute approximate surface area is 153 Å². The molecule has 0 atom stereocenters. The maximum Gasteiger partial charge on any atom is 0.419 e. The Hall–Kier alpha value is -2.58.